The van der Waals surface area contributed by atoms with Gasteiger partial charge in [-0.3, -0.25) is 4.79 Å². The molecule has 1 N–H and O–H groups in total. The number of hydrogen-bond acceptors (Lipinski definition) is 5. The van der Waals surface area contributed by atoms with Gasteiger partial charge in [0.15, 0.2) is 6.10 Å². The number of carbonyl (C=O) groups is 1. The summed E-state index contributed by atoms with van der Waals surface area (Å²) in [4.78, 5) is 21.4. The Kier molecular flexibility index (Phi) is 6.11. The highest BCUT2D eigenvalue weighted by Gasteiger charge is 2.17. The Balaban J connectivity index is 1.54. The van der Waals surface area contributed by atoms with E-state index in [9.17, 15) is 4.79 Å². The van der Waals surface area contributed by atoms with Gasteiger partial charge in [-0.05, 0) is 50.4 Å². The molecule has 1 saturated heterocycles. The summed E-state index contributed by atoms with van der Waals surface area (Å²) in [5.41, 5.74) is 0.666. The zero-order valence-electron chi connectivity index (χ0n) is 15.0. The van der Waals surface area contributed by atoms with Gasteiger partial charge in [-0.15, -0.1) is 0 Å². The van der Waals surface area contributed by atoms with E-state index in [0.29, 0.717) is 11.4 Å². The van der Waals surface area contributed by atoms with E-state index in [-0.39, 0.29) is 5.91 Å². The second-order valence-electron chi connectivity index (χ2n) is 6.40. The summed E-state index contributed by atoms with van der Waals surface area (Å²) in [7, 11) is 2.13. The number of nitrogens with one attached hydrogen (secondary N) is 1. The maximum absolute atomic E-state index is 12.3. The number of carbonyl (C=O) groups excluding carboxylic acids is 1. The van der Waals surface area contributed by atoms with Gasteiger partial charge in [0.2, 0.25) is 0 Å². The Morgan fingerprint density at radius 2 is 1.85 bits per heavy atom. The summed E-state index contributed by atoms with van der Waals surface area (Å²) in [5, 5.41) is 2.85. The molecule has 6 nitrogen and oxygen atoms in total. The summed E-state index contributed by atoms with van der Waals surface area (Å²) >= 11 is 3.37. The van der Waals surface area contributed by atoms with Gasteiger partial charge >= 0.3 is 0 Å². The van der Waals surface area contributed by atoms with Gasteiger partial charge in [0.1, 0.15) is 11.6 Å². The quantitative estimate of drug-likeness (QED) is 0.808. The van der Waals surface area contributed by atoms with E-state index in [1.807, 2.05) is 36.4 Å². The predicted molar refractivity (Wildman–Crippen MR) is 107 cm³/mol. The van der Waals surface area contributed by atoms with Crippen molar-refractivity contribution >= 4 is 33.3 Å². The molecule has 1 aliphatic heterocycles. The largest absolute Gasteiger partial charge is 0.481 e. The van der Waals surface area contributed by atoms with E-state index >= 15 is 0 Å². The Morgan fingerprint density at radius 3 is 2.46 bits per heavy atom. The third-order valence-electron chi connectivity index (χ3n) is 4.34. The standard InChI is InChI=1S/C19H23BrN4O2/c1-14(26-17-6-3-15(20)4-7-17)19(25)22-16-5-8-18(21-13-16)24-11-9-23(2)10-12-24/h3-8,13-14H,9-12H2,1-2H3,(H,22,25). The van der Waals surface area contributed by atoms with E-state index in [1.165, 1.54) is 0 Å². The minimum atomic E-state index is -0.603. The number of piperazine rings is 1. The molecule has 138 valence electrons. The Labute approximate surface area is 162 Å². The van der Waals surface area contributed by atoms with Crippen LogP contribution in [-0.2, 0) is 4.79 Å². The van der Waals surface area contributed by atoms with E-state index in [0.717, 1.165) is 36.5 Å². The number of hydrogen-bond donors (Lipinski definition) is 1. The molecule has 0 spiro atoms. The minimum Gasteiger partial charge on any atom is -0.481 e. The number of likely N-dealkylation sites (N-methyl/N-ethyl adjacent to an activating group) is 1. The van der Waals surface area contributed by atoms with E-state index in [2.05, 4.69) is 43.1 Å². The number of aromatic nitrogens is 1. The maximum Gasteiger partial charge on any atom is 0.265 e. The number of pyridine rings is 1. The van der Waals surface area contributed by atoms with Crippen molar-refractivity contribution in [2.24, 2.45) is 0 Å². The topological polar surface area (TPSA) is 57.7 Å². The lowest BCUT2D eigenvalue weighted by Gasteiger charge is -2.33. The van der Waals surface area contributed by atoms with Crippen LogP contribution in [0.4, 0.5) is 11.5 Å². The van der Waals surface area contributed by atoms with Crippen LogP contribution in [0.5, 0.6) is 5.75 Å². The number of amides is 1. The Morgan fingerprint density at radius 1 is 1.15 bits per heavy atom. The van der Waals surface area contributed by atoms with Gasteiger partial charge in [-0.25, -0.2) is 4.98 Å². The summed E-state index contributed by atoms with van der Waals surface area (Å²) < 4.78 is 6.63. The third-order valence-corrected chi connectivity index (χ3v) is 4.87. The normalized spacial score (nSPS) is 16.2. The molecule has 26 heavy (non-hydrogen) atoms. The fraction of sp³-hybridized carbons (Fsp3) is 0.368. The first-order valence-electron chi connectivity index (χ1n) is 8.64. The number of anilines is 2. The maximum atomic E-state index is 12.3. The van der Waals surface area contributed by atoms with Crippen LogP contribution in [0.3, 0.4) is 0 Å². The van der Waals surface area contributed by atoms with Crippen LogP contribution in [0, 0.1) is 0 Å². The van der Waals surface area contributed by atoms with Crippen molar-refractivity contribution in [1.82, 2.24) is 9.88 Å². The molecule has 0 saturated carbocycles. The lowest BCUT2D eigenvalue weighted by atomic mass is 10.3. The zero-order valence-corrected chi connectivity index (χ0v) is 16.6. The van der Waals surface area contributed by atoms with Crippen LogP contribution >= 0.6 is 15.9 Å². The van der Waals surface area contributed by atoms with Crippen molar-refractivity contribution < 1.29 is 9.53 Å². The van der Waals surface area contributed by atoms with Gasteiger partial charge < -0.3 is 19.9 Å². The molecule has 1 unspecified atom stereocenters. The Bertz CT molecular complexity index is 728. The number of halogens is 1. The predicted octanol–water partition coefficient (Wildman–Crippen LogP) is 3.00. The van der Waals surface area contributed by atoms with Gasteiger partial charge in [-0.2, -0.15) is 0 Å². The second-order valence-corrected chi connectivity index (χ2v) is 7.31. The van der Waals surface area contributed by atoms with Crippen molar-refractivity contribution in [1.29, 1.82) is 0 Å². The average Bonchev–Trinajstić information content (AvgIpc) is 2.65. The first-order chi connectivity index (χ1) is 12.5. The van der Waals surface area contributed by atoms with Crippen LogP contribution < -0.4 is 15.0 Å². The van der Waals surface area contributed by atoms with Crippen LogP contribution in [0.1, 0.15) is 6.92 Å². The molecule has 1 atom stereocenters. The third kappa shape index (κ3) is 4.95. The van der Waals surface area contributed by atoms with E-state index in [1.54, 1.807) is 13.1 Å². The zero-order chi connectivity index (χ0) is 18.5. The molecular weight excluding hydrogens is 396 g/mol. The van der Waals surface area contributed by atoms with Crippen molar-refractivity contribution in [3.63, 3.8) is 0 Å². The fourth-order valence-corrected chi connectivity index (χ4v) is 2.96. The molecule has 1 aliphatic rings. The molecule has 1 amide bonds. The summed E-state index contributed by atoms with van der Waals surface area (Å²) in [6.07, 6.45) is 1.09. The van der Waals surface area contributed by atoms with Crippen LogP contribution in [0.15, 0.2) is 47.1 Å². The van der Waals surface area contributed by atoms with Gasteiger partial charge in [0, 0.05) is 30.7 Å². The highest BCUT2D eigenvalue weighted by atomic mass is 79.9. The first kappa shape index (κ1) is 18.7. The summed E-state index contributed by atoms with van der Waals surface area (Å²) in [5.74, 6) is 1.39. The lowest BCUT2D eigenvalue weighted by Crippen LogP contribution is -2.44. The molecule has 2 heterocycles. The van der Waals surface area contributed by atoms with Crippen molar-refractivity contribution in [2.75, 3.05) is 43.4 Å². The molecule has 2 aromatic rings. The fourth-order valence-electron chi connectivity index (χ4n) is 2.70. The molecule has 0 radical (unpaired) electrons. The Hall–Kier alpha value is -2.12. The number of nitrogens with zero attached hydrogens (tertiary/aromatic N) is 3. The number of benzene rings is 1. The lowest BCUT2D eigenvalue weighted by molar-refractivity contribution is -0.122. The van der Waals surface area contributed by atoms with E-state index in [4.69, 9.17) is 4.74 Å². The average molecular weight is 419 g/mol. The SMILES string of the molecule is CC(Oc1ccc(Br)cc1)C(=O)Nc1ccc(N2CCN(C)CC2)nc1. The van der Waals surface area contributed by atoms with Crippen molar-refractivity contribution in [3.05, 3.63) is 47.1 Å². The highest BCUT2D eigenvalue weighted by Crippen LogP contribution is 2.19. The molecule has 1 aromatic carbocycles. The van der Waals surface area contributed by atoms with Crippen molar-refractivity contribution in [3.8, 4) is 5.75 Å². The molecule has 3 rings (SSSR count). The van der Waals surface area contributed by atoms with Gasteiger partial charge in [0.25, 0.3) is 5.91 Å². The molecule has 1 aromatic heterocycles. The molecule has 0 aliphatic carbocycles. The van der Waals surface area contributed by atoms with E-state index < -0.39 is 6.10 Å². The number of ether oxygens (including phenoxy) is 1. The first-order valence-corrected chi connectivity index (χ1v) is 9.43. The molecule has 1 fully saturated rings. The minimum absolute atomic E-state index is 0.206. The van der Waals surface area contributed by atoms with Gasteiger partial charge in [-0.1, -0.05) is 15.9 Å². The summed E-state index contributed by atoms with van der Waals surface area (Å²) in [6.45, 7) is 5.72. The smallest absolute Gasteiger partial charge is 0.265 e. The molecular formula is C19H23BrN4O2. The second kappa shape index (κ2) is 8.51. The van der Waals surface area contributed by atoms with Gasteiger partial charge in [0.05, 0.1) is 11.9 Å². The number of rotatable bonds is 5. The molecule has 0 bridgehead atoms. The monoisotopic (exact) mass is 418 g/mol. The van der Waals surface area contributed by atoms with Crippen LogP contribution in [-0.4, -0.2) is 55.1 Å². The van der Waals surface area contributed by atoms with Crippen LogP contribution in [0.25, 0.3) is 0 Å². The van der Waals surface area contributed by atoms with Crippen LogP contribution in [0.2, 0.25) is 0 Å². The van der Waals surface area contributed by atoms with Crippen molar-refractivity contribution in [2.45, 2.75) is 13.0 Å². The highest BCUT2D eigenvalue weighted by molar-refractivity contribution is 9.10. The molecule has 7 heteroatoms. The summed E-state index contributed by atoms with van der Waals surface area (Å²) in [6, 6.07) is 11.2.